The second-order valence-electron chi connectivity index (χ2n) is 8.68. The maximum atomic E-state index is 13.2. The number of benzene rings is 3. The Kier molecular flexibility index (Phi) is 6.49. The topological polar surface area (TPSA) is 118 Å². The number of nitrogens with one attached hydrogen (secondary N) is 2. The van der Waals surface area contributed by atoms with Crippen LogP contribution in [0.15, 0.2) is 54.6 Å². The van der Waals surface area contributed by atoms with Gasteiger partial charge >= 0.3 is 0 Å². The zero-order chi connectivity index (χ0) is 26.1. The number of carbonyl (C=O) groups excluding carboxylic acids is 1. The highest BCUT2D eigenvalue weighted by Crippen LogP contribution is 2.31. The van der Waals surface area contributed by atoms with Gasteiger partial charge in [0, 0.05) is 30.4 Å². The van der Waals surface area contributed by atoms with Crippen LogP contribution in [-0.4, -0.2) is 44.0 Å². The van der Waals surface area contributed by atoms with E-state index in [-0.39, 0.29) is 22.2 Å². The molecule has 10 nitrogen and oxygen atoms in total. The van der Waals surface area contributed by atoms with Gasteiger partial charge in [-0.15, -0.1) is 10.2 Å². The first kappa shape index (κ1) is 24.3. The number of hydrogen-bond donors (Lipinski definition) is 2. The number of anilines is 2. The minimum atomic E-state index is -0.561. The third kappa shape index (κ3) is 5.09. The molecule has 1 aromatic heterocycles. The molecule has 1 saturated heterocycles. The smallest absolute Gasteiger partial charge is 0.293 e. The van der Waals surface area contributed by atoms with Crippen molar-refractivity contribution in [2.24, 2.45) is 0 Å². The number of hydrogen-bond acceptors (Lipinski definition) is 7. The van der Waals surface area contributed by atoms with Crippen LogP contribution >= 0.6 is 12.2 Å². The molecule has 0 aliphatic carbocycles. The Morgan fingerprint density at radius 1 is 1.05 bits per heavy atom. The molecular formula is C25H22FN7O3S. The lowest BCUT2D eigenvalue weighted by Gasteiger charge is -2.18. The van der Waals surface area contributed by atoms with Crippen LogP contribution in [0.1, 0.15) is 28.8 Å². The quantitative estimate of drug-likeness (QED) is 0.225. The van der Waals surface area contributed by atoms with Gasteiger partial charge < -0.3 is 10.2 Å². The number of aromatic nitrogens is 3. The monoisotopic (exact) mass is 519 g/mol. The Balaban J connectivity index is 1.31. The number of rotatable bonds is 5. The third-order valence-electron chi connectivity index (χ3n) is 6.14. The van der Waals surface area contributed by atoms with Gasteiger partial charge in [0.15, 0.2) is 5.11 Å². The number of nitro groups is 1. The number of nitro benzene ring substituents is 1. The van der Waals surface area contributed by atoms with Gasteiger partial charge in [0.05, 0.1) is 10.6 Å². The van der Waals surface area contributed by atoms with Crippen LogP contribution in [0.2, 0.25) is 0 Å². The van der Waals surface area contributed by atoms with E-state index < -0.39 is 10.8 Å². The highest BCUT2D eigenvalue weighted by Gasteiger charge is 2.24. The summed E-state index contributed by atoms with van der Waals surface area (Å²) in [6.07, 6.45) is 1.96. The van der Waals surface area contributed by atoms with E-state index in [1.165, 1.54) is 23.0 Å². The molecular weight excluding hydrogens is 497 g/mol. The largest absolute Gasteiger partial charge is 0.366 e. The highest BCUT2D eigenvalue weighted by atomic mass is 32.1. The maximum Gasteiger partial charge on any atom is 0.293 e. The van der Waals surface area contributed by atoms with Crippen LogP contribution in [0.5, 0.6) is 0 Å². The van der Waals surface area contributed by atoms with Crippen molar-refractivity contribution < 1.29 is 14.1 Å². The van der Waals surface area contributed by atoms with Crippen LogP contribution in [0.25, 0.3) is 16.7 Å². The minimum absolute atomic E-state index is 0.0321. The number of nitrogens with zero attached hydrogens (tertiary/aromatic N) is 5. The number of amides is 1. The molecule has 5 rings (SSSR count). The Bertz CT molecular complexity index is 1530. The van der Waals surface area contributed by atoms with Crippen molar-refractivity contribution in [2.45, 2.75) is 19.8 Å². The molecule has 0 spiro atoms. The van der Waals surface area contributed by atoms with Gasteiger partial charge in [-0.25, -0.2) is 4.39 Å². The predicted octanol–water partition coefficient (Wildman–Crippen LogP) is 4.50. The summed E-state index contributed by atoms with van der Waals surface area (Å²) in [5, 5.41) is 26.1. The normalized spacial score (nSPS) is 13.1. The Hall–Kier alpha value is -4.45. The number of aryl methyl sites for hydroxylation is 1. The van der Waals surface area contributed by atoms with Gasteiger partial charge in [-0.05, 0) is 86.1 Å². The molecule has 0 unspecified atom stereocenters. The molecule has 4 aromatic rings. The lowest BCUT2D eigenvalue weighted by molar-refractivity contribution is -0.384. The molecule has 3 aromatic carbocycles. The molecule has 37 heavy (non-hydrogen) atoms. The lowest BCUT2D eigenvalue weighted by atomic mass is 10.1. The van der Waals surface area contributed by atoms with E-state index >= 15 is 0 Å². The molecule has 1 aliphatic heterocycles. The molecule has 0 bridgehead atoms. The van der Waals surface area contributed by atoms with E-state index in [4.69, 9.17) is 12.2 Å². The summed E-state index contributed by atoms with van der Waals surface area (Å²) in [6.45, 7) is 3.35. The Morgan fingerprint density at radius 3 is 2.41 bits per heavy atom. The van der Waals surface area contributed by atoms with Gasteiger partial charge in [0.1, 0.15) is 22.5 Å². The van der Waals surface area contributed by atoms with E-state index in [0.717, 1.165) is 31.5 Å². The van der Waals surface area contributed by atoms with Crippen molar-refractivity contribution in [3.05, 3.63) is 81.7 Å². The van der Waals surface area contributed by atoms with Crippen LogP contribution in [-0.2, 0) is 0 Å². The van der Waals surface area contributed by atoms with Gasteiger partial charge in [-0.3, -0.25) is 20.2 Å². The van der Waals surface area contributed by atoms with Gasteiger partial charge in [0.25, 0.3) is 11.6 Å². The fourth-order valence-electron chi connectivity index (χ4n) is 4.26. The number of thiocarbonyl (C=S) groups is 1. The molecule has 1 fully saturated rings. The fourth-order valence-corrected chi connectivity index (χ4v) is 4.46. The molecule has 0 atom stereocenters. The van der Waals surface area contributed by atoms with E-state index in [2.05, 4.69) is 20.8 Å². The lowest BCUT2D eigenvalue weighted by Crippen LogP contribution is -2.34. The summed E-state index contributed by atoms with van der Waals surface area (Å²) >= 11 is 5.32. The van der Waals surface area contributed by atoms with Crippen LogP contribution in [0.4, 0.5) is 21.5 Å². The summed E-state index contributed by atoms with van der Waals surface area (Å²) in [6, 6.07) is 13.8. The summed E-state index contributed by atoms with van der Waals surface area (Å²) < 4.78 is 13.2. The summed E-state index contributed by atoms with van der Waals surface area (Å²) in [5.41, 5.74) is 3.76. The second-order valence-corrected chi connectivity index (χ2v) is 9.09. The summed E-state index contributed by atoms with van der Waals surface area (Å²) in [7, 11) is 0. The predicted molar refractivity (Wildman–Crippen MR) is 142 cm³/mol. The zero-order valence-corrected chi connectivity index (χ0v) is 20.6. The van der Waals surface area contributed by atoms with Gasteiger partial charge in [0.2, 0.25) is 0 Å². The molecule has 2 heterocycles. The Labute approximate surface area is 216 Å². The maximum absolute atomic E-state index is 13.2. The molecule has 188 valence electrons. The molecule has 1 aliphatic rings. The van der Waals surface area contributed by atoms with Crippen molar-refractivity contribution in [2.75, 3.05) is 23.3 Å². The van der Waals surface area contributed by atoms with Crippen molar-refractivity contribution in [3.63, 3.8) is 0 Å². The first-order valence-electron chi connectivity index (χ1n) is 11.6. The SMILES string of the molecule is Cc1cc2nn(-c3ccc(F)cc3)nc2cc1NC(=S)NC(=O)c1ccc(N2CCCC2)c([N+](=O)[O-])c1. The van der Waals surface area contributed by atoms with Crippen molar-refractivity contribution in [3.8, 4) is 5.69 Å². The first-order chi connectivity index (χ1) is 17.8. The standard InChI is InChI=1S/C25H22FN7O3S/c1-15-12-20-21(30-32(29-20)18-7-5-17(26)6-8-18)14-19(15)27-25(37)28-24(34)16-4-9-22(23(13-16)33(35)36)31-10-2-3-11-31/h4-9,12-14H,2-3,10-11H2,1H3,(H2,27,28,34,37). The molecule has 0 saturated carbocycles. The van der Waals surface area contributed by atoms with E-state index in [1.54, 1.807) is 30.3 Å². The summed E-state index contributed by atoms with van der Waals surface area (Å²) in [4.78, 5) is 27.3. The number of carbonyl (C=O) groups is 1. The van der Waals surface area contributed by atoms with Gasteiger partial charge in [-0.1, -0.05) is 0 Å². The van der Waals surface area contributed by atoms with Crippen molar-refractivity contribution >= 4 is 51.3 Å². The average molecular weight is 520 g/mol. The second kappa shape index (κ2) is 9.90. The van der Waals surface area contributed by atoms with E-state index in [9.17, 15) is 19.3 Å². The van der Waals surface area contributed by atoms with Crippen molar-refractivity contribution in [1.29, 1.82) is 0 Å². The zero-order valence-electron chi connectivity index (χ0n) is 19.8. The van der Waals surface area contributed by atoms with Gasteiger partial charge in [-0.2, -0.15) is 4.80 Å². The van der Waals surface area contributed by atoms with E-state index in [1.807, 2.05) is 17.9 Å². The van der Waals surface area contributed by atoms with E-state index in [0.29, 0.717) is 28.1 Å². The number of halogens is 1. The highest BCUT2D eigenvalue weighted by molar-refractivity contribution is 7.80. The summed E-state index contributed by atoms with van der Waals surface area (Å²) in [5.74, 6) is -0.912. The van der Waals surface area contributed by atoms with Crippen LogP contribution < -0.4 is 15.5 Å². The van der Waals surface area contributed by atoms with Crippen molar-refractivity contribution in [1.82, 2.24) is 20.3 Å². The molecule has 12 heteroatoms. The molecule has 0 radical (unpaired) electrons. The molecule has 1 amide bonds. The average Bonchev–Trinajstić information content (AvgIpc) is 3.54. The fraction of sp³-hybridized carbons (Fsp3) is 0.200. The van der Waals surface area contributed by atoms with Crippen LogP contribution in [0, 0.1) is 22.9 Å². The van der Waals surface area contributed by atoms with Crippen LogP contribution in [0.3, 0.4) is 0 Å². The first-order valence-corrected chi connectivity index (χ1v) is 12.0. The minimum Gasteiger partial charge on any atom is -0.366 e. The number of fused-ring (bicyclic) bond motifs is 1. The third-order valence-corrected chi connectivity index (χ3v) is 6.34. The Morgan fingerprint density at radius 2 is 1.73 bits per heavy atom. The molecule has 2 N–H and O–H groups in total.